The number of anilines is 2. The number of carbonyl (C=O) groups excluding carboxylic acids is 1. The maximum absolute atomic E-state index is 11.9. The van der Waals surface area contributed by atoms with Crippen molar-refractivity contribution in [2.45, 2.75) is 20.3 Å². The minimum absolute atomic E-state index is 0.0328. The molecule has 2 N–H and O–H groups in total. The van der Waals surface area contributed by atoms with Crippen LogP contribution in [0.25, 0.3) is 0 Å². The SMILES string of the molecule is Cc1ccc(NCCC(=O)Nc2cccc(Cl)c2)c(C)c1. The average Bonchev–Trinajstić information content (AvgIpc) is 2.41. The van der Waals surface area contributed by atoms with Gasteiger partial charge < -0.3 is 10.6 Å². The van der Waals surface area contributed by atoms with E-state index in [0.717, 1.165) is 11.4 Å². The maximum Gasteiger partial charge on any atom is 0.226 e. The van der Waals surface area contributed by atoms with Gasteiger partial charge in [-0.05, 0) is 43.7 Å². The van der Waals surface area contributed by atoms with E-state index >= 15 is 0 Å². The first-order valence-electron chi connectivity index (χ1n) is 6.91. The summed E-state index contributed by atoms with van der Waals surface area (Å²) >= 11 is 5.88. The highest BCUT2D eigenvalue weighted by atomic mass is 35.5. The molecule has 0 aliphatic rings. The third kappa shape index (κ3) is 4.80. The Morgan fingerprint density at radius 1 is 1.14 bits per heavy atom. The van der Waals surface area contributed by atoms with Gasteiger partial charge in [-0.1, -0.05) is 35.4 Å². The summed E-state index contributed by atoms with van der Waals surface area (Å²) in [5, 5.41) is 6.72. The Balaban J connectivity index is 1.81. The van der Waals surface area contributed by atoms with Crippen molar-refractivity contribution in [3.63, 3.8) is 0 Å². The molecule has 0 saturated carbocycles. The van der Waals surface area contributed by atoms with E-state index in [9.17, 15) is 4.79 Å². The predicted molar refractivity (Wildman–Crippen MR) is 89.1 cm³/mol. The van der Waals surface area contributed by atoms with Gasteiger partial charge in [0.05, 0.1) is 0 Å². The largest absolute Gasteiger partial charge is 0.384 e. The molecule has 21 heavy (non-hydrogen) atoms. The second-order valence-electron chi connectivity index (χ2n) is 5.05. The van der Waals surface area contributed by atoms with Gasteiger partial charge in [0.1, 0.15) is 0 Å². The van der Waals surface area contributed by atoms with E-state index < -0.39 is 0 Å². The monoisotopic (exact) mass is 302 g/mol. The fourth-order valence-electron chi connectivity index (χ4n) is 2.11. The zero-order chi connectivity index (χ0) is 15.2. The second kappa shape index (κ2) is 7.14. The zero-order valence-electron chi connectivity index (χ0n) is 12.2. The van der Waals surface area contributed by atoms with Crippen LogP contribution in [-0.2, 0) is 4.79 Å². The number of aryl methyl sites for hydroxylation is 2. The lowest BCUT2D eigenvalue weighted by atomic mass is 10.1. The number of hydrogen-bond acceptors (Lipinski definition) is 2. The molecule has 0 bridgehead atoms. The Kier molecular flexibility index (Phi) is 5.23. The minimum Gasteiger partial charge on any atom is -0.384 e. The van der Waals surface area contributed by atoms with E-state index in [2.05, 4.69) is 36.6 Å². The number of rotatable bonds is 5. The lowest BCUT2D eigenvalue weighted by Crippen LogP contribution is -2.16. The van der Waals surface area contributed by atoms with Gasteiger partial charge in [-0.15, -0.1) is 0 Å². The number of hydrogen-bond donors (Lipinski definition) is 2. The summed E-state index contributed by atoms with van der Waals surface area (Å²) in [5.74, 6) is -0.0328. The molecule has 0 aromatic heterocycles. The molecule has 0 spiro atoms. The quantitative estimate of drug-likeness (QED) is 0.859. The van der Waals surface area contributed by atoms with Gasteiger partial charge in [-0.25, -0.2) is 0 Å². The van der Waals surface area contributed by atoms with Crippen LogP contribution in [0.5, 0.6) is 0 Å². The first kappa shape index (κ1) is 15.4. The predicted octanol–water partition coefficient (Wildman–Crippen LogP) is 4.40. The number of carbonyl (C=O) groups is 1. The summed E-state index contributed by atoms with van der Waals surface area (Å²) in [4.78, 5) is 11.9. The van der Waals surface area contributed by atoms with Crippen LogP contribution >= 0.6 is 11.6 Å². The van der Waals surface area contributed by atoms with Crippen LogP contribution in [0.1, 0.15) is 17.5 Å². The molecular weight excluding hydrogens is 284 g/mol. The maximum atomic E-state index is 11.9. The molecule has 0 radical (unpaired) electrons. The Bertz CT molecular complexity index is 640. The van der Waals surface area contributed by atoms with Gasteiger partial charge in [0.25, 0.3) is 0 Å². The van der Waals surface area contributed by atoms with Crippen molar-refractivity contribution in [3.8, 4) is 0 Å². The molecule has 0 aliphatic carbocycles. The Morgan fingerprint density at radius 3 is 2.67 bits per heavy atom. The molecule has 110 valence electrons. The number of halogens is 1. The molecular formula is C17H19ClN2O. The molecule has 3 nitrogen and oxygen atoms in total. The molecule has 0 heterocycles. The van der Waals surface area contributed by atoms with Crippen molar-refractivity contribution in [2.24, 2.45) is 0 Å². The van der Waals surface area contributed by atoms with Crippen LogP contribution in [0.3, 0.4) is 0 Å². The van der Waals surface area contributed by atoms with Gasteiger partial charge in [0.15, 0.2) is 0 Å². The topological polar surface area (TPSA) is 41.1 Å². The first-order valence-corrected chi connectivity index (χ1v) is 7.29. The molecule has 0 unspecified atom stereocenters. The lowest BCUT2D eigenvalue weighted by molar-refractivity contribution is -0.115. The average molecular weight is 303 g/mol. The summed E-state index contributed by atoms with van der Waals surface area (Å²) in [6, 6.07) is 13.4. The highest BCUT2D eigenvalue weighted by Gasteiger charge is 2.03. The van der Waals surface area contributed by atoms with Crippen LogP contribution < -0.4 is 10.6 Å². The number of benzene rings is 2. The Hall–Kier alpha value is -2.00. The number of amides is 1. The summed E-state index contributed by atoms with van der Waals surface area (Å²) in [7, 11) is 0. The van der Waals surface area contributed by atoms with E-state index in [0.29, 0.717) is 18.0 Å². The third-order valence-electron chi connectivity index (χ3n) is 3.16. The van der Waals surface area contributed by atoms with E-state index in [1.165, 1.54) is 11.1 Å². The van der Waals surface area contributed by atoms with Crippen LogP contribution in [0.4, 0.5) is 11.4 Å². The summed E-state index contributed by atoms with van der Waals surface area (Å²) in [5.41, 5.74) is 4.21. The number of nitrogens with one attached hydrogen (secondary N) is 2. The normalized spacial score (nSPS) is 10.2. The Labute approximate surface area is 130 Å². The molecule has 0 atom stereocenters. The molecule has 0 fully saturated rings. The highest BCUT2D eigenvalue weighted by molar-refractivity contribution is 6.30. The van der Waals surface area contributed by atoms with Crippen LogP contribution in [0.15, 0.2) is 42.5 Å². The van der Waals surface area contributed by atoms with E-state index in [-0.39, 0.29) is 5.91 Å². The molecule has 0 saturated heterocycles. The fraction of sp³-hybridized carbons (Fsp3) is 0.235. The van der Waals surface area contributed by atoms with Crippen LogP contribution in [0, 0.1) is 13.8 Å². The first-order chi connectivity index (χ1) is 10.0. The molecule has 4 heteroatoms. The molecule has 1 amide bonds. The minimum atomic E-state index is -0.0328. The van der Waals surface area contributed by atoms with Crippen molar-refractivity contribution in [1.29, 1.82) is 0 Å². The van der Waals surface area contributed by atoms with Crippen molar-refractivity contribution in [1.82, 2.24) is 0 Å². The summed E-state index contributed by atoms with van der Waals surface area (Å²) in [6.45, 7) is 4.72. The van der Waals surface area contributed by atoms with Gasteiger partial charge in [-0.2, -0.15) is 0 Å². The second-order valence-corrected chi connectivity index (χ2v) is 5.49. The Morgan fingerprint density at radius 2 is 1.95 bits per heavy atom. The van der Waals surface area contributed by atoms with Crippen molar-refractivity contribution in [3.05, 3.63) is 58.6 Å². The van der Waals surface area contributed by atoms with Gasteiger partial charge in [-0.3, -0.25) is 4.79 Å². The van der Waals surface area contributed by atoms with E-state index in [4.69, 9.17) is 11.6 Å². The highest BCUT2D eigenvalue weighted by Crippen LogP contribution is 2.17. The molecule has 2 aromatic carbocycles. The van der Waals surface area contributed by atoms with Gasteiger partial charge in [0, 0.05) is 29.4 Å². The van der Waals surface area contributed by atoms with Crippen molar-refractivity contribution in [2.75, 3.05) is 17.2 Å². The van der Waals surface area contributed by atoms with Crippen molar-refractivity contribution >= 4 is 28.9 Å². The third-order valence-corrected chi connectivity index (χ3v) is 3.39. The van der Waals surface area contributed by atoms with Gasteiger partial charge in [0.2, 0.25) is 5.91 Å². The summed E-state index contributed by atoms with van der Waals surface area (Å²) < 4.78 is 0. The summed E-state index contributed by atoms with van der Waals surface area (Å²) in [6.07, 6.45) is 0.403. The standard InChI is InChI=1S/C17H19ClN2O/c1-12-6-7-16(13(2)10-12)19-9-8-17(21)20-15-5-3-4-14(18)11-15/h3-7,10-11,19H,8-9H2,1-2H3,(H,20,21). The van der Waals surface area contributed by atoms with Crippen LogP contribution in [-0.4, -0.2) is 12.5 Å². The molecule has 0 aliphatic heterocycles. The smallest absolute Gasteiger partial charge is 0.226 e. The fourth-order valence-corrected chi connectivity index (χ4v) is 2.30. The van der Waals surface area contributed by atoms with Crippen LogP contribution in [0.2, 0.25) is 5.02 Å². The molecule has 2 rings (SSSR count). The molecule has 2 aromatic rings. The van der Waals surface area contributed by atoms with E-state index in [1.807, 2.05) is 18.2 Å². The lowest BCUT2D eigenvalue weighted by Gasteiger charge is -2.10. The zero-order valence-corrected chi connectivity index (χ0v) is 13.0. The van der Waals surface area contributed by atoms with Crippen molar-refractivity contribution < 1.29 is 4.79 Å². The van der Waals surface area contributed by atoms with E-state index in [1.54, 1.807) is 12.1 Å². The van der Waals surface area contributed by atoms with Gasteiger partial charge >= 0.3 is 0 Å².